The molecule has 0 amide bonds. The van der Waals surface area contributed by atoms with E-state index in [1.807, 2.05) is 36.5 Å². The summed E-state index contributed by atoms with van der Waals surface area (Å²) in [4.78, 5) is 38.1. The number of allylic oxidation sites excluding steroid dienone is 16. The molecule has 6 heteroatoms. The van der Waals surface area contributed by atoms with E-state index < -0.39 is 6.10 Å². The topological polar surface area (TPSA) is 78.9 Å². The maximum Gasteiger partial charge on any atom is 0.306 e. The predicted molar refractivity (Wildman–Crippen MR) is 288 cm³/mol. The van der Waals surface area contributed by atoms with Gasteiger partial charge >= 0.3 is 17.9 Å². The molecular formula is C61H102O6. The van der Waals surface area contributed by atoms with Crippen molar-refractivity contribution < 1.29 is 28.6 Å². The maximum absolute atomic E-state index is 12.8. The smallest absolute Gasteiger partial charge is 0.306 e. The summed E-state index contributed by atoms with van der Waals surface area (Å²) in [6, 6.07) is 0. The van der Waals surface area contributed by atoms with Gasteiger partial charge in [-0.05, 0) is 89.9 Å². The van der Waals surface area contributed by atoms with Gasteiger partial charge in [0.05, 0.1) is 0 Å². The molecule has 0 heterocycles. The van der Waals surface area contributed by atoms with E-state index in [1.54, 1.807) is 0 Å². The minimum absolute atomic E-state index is 0.106. The Morgan fingerprint density at radius 2 is 0.582 bits per heavy atom. The van der Waals surface area contributed by atoms with Crippen LogP contribution in [0.2, 0.25) is 0 Å². The van der Waals surface area contributed by atoms with Gasteiger partial charge in [0, 0.05) is 19.3 Å². The van der Waals surface area contributed by atoms with Gasteiger partial charge in [-0.2, -0.15) is 0 Å². The third-order valence-electron chi connectivity index (χ3n) is 11.7. The van der Waals surface area contributed by atoms with E-state index in [2.05, 4.69) is 81.5 Å². The molecule has 67 heavy (non-hydrogen) atoms. The van der Waals surface area contributed by atoms with Crippen molar-refractivity contribution in [1.82, 2.24) is 0 Å². The van der Waals surface area contributed by atoms with Crippen molar-refractivity contribution in [3.05, 3.63) is 97.2 Å². The Labute approximate surface area is 413 Å². The van der Waals surface area contributed by atoms with Crippen LogP contribution in [0.1, 0.15) is 252 Å². The third-order valence-corrected chi connectivity index (χ3v) is 11.7. The molecule has 0 aliphatic carbocycles. The van der Waals surface area contributed by atoms with Crippen molar-refractivity contribution in [2.75, 3.05) is 13.2 Å². The summed E-state index contributed by atoms with van der Waals surface area (Å²) in [6.07, 6.45) is 72.5. The van der Waals surface area contributed by atoms with Crippen molar-refractivity contribution in [3.8, 4) is 0 Å². The lowest BCUT2D eigenvalue weighted by Crippen LogP contribution is -2.30. The zero-order chi connectivity index (χ0) is 48.6. The molecule has 0 saturated heterocycles. The first-order valence-corrected chi connectivity index (χ1v) is 27.8. The van der Waals surface area contributed by atoms with E-state index in [0.29, 0.717) is 19.3 Å². The van der Waals surface area contributed by atoms with Gasteiger partial charge in [-0.15, -0.1) is 0 Å². The first-order valence-electron chi connectivity index (χ1n) is 27.8. The van der Waals surface area contributed by atoms with Crippen LogP contribution in [0.5, 0.6) is 0 Å². The molecule has 0 rings (SSSR count). The van der Waals surface area contributed by atoms with E-state index in [4.69, 9.17) is 14.2 Å². The molecule has 0 aromatic rings. The summed E-state index contributed by atoms with van der Waals surface area (Å²) in [5, 5.41) is 0. The maximum atomic E-state index is 12.8. The second-order valence-corrected chi connectivity index (χ2v) is 18.3. The molecule has 0 fully saturated rings. The van der Waals surface area contributed by atoms with Gasteiger partial charge < -0.3 is 14.2 Å². The van der Waals surface area contributed by atoms with E-state index in [1.165, 1.54) is 103 Å². The number of hydrogen-bond donors (Lipinski definition) is 0. The number of unbranched alkanes of at least 4 members (excludes halogenated alkanes) is 27. The zero-order valence-electron chi connectivity index (χ0n) is 43.6. The minimum Gasteiger partial charge on any atom is -0.462 e. The Kier molecular flexibility index (Phi) is 51.9. The van der Waals surface area contributed by atoms with Crippen molar-refractivity contribution in [2.24, 2.45) is 0 Å². The van der Waals surface area contributed by atoms with Gasteiger partial charge in [0.2, 0.25) is 0 Å². The molecule has 382 valence electrons. The second-order valence-electron chi connectivity index (χ2n) is 18.3. The average Bonchev–Trinajstić information content (AvgIpc) is 3.33. The molecule has 0 aliphatic rings. The molecular weight excluding hydrogens is 829 g/mol. The van der Waals surface area contributed by atoms with Crippen LogP contribution < -0.4 is 0 Å². The fourth-order valence-corrected chi connectivity index (χ4v) is 7.49. The van der Waals surface area contributed by atoms with Crippen LogP contribution in [0.15, 0.2) is 97.2 Å². The Balaban J connectivity index is 4.48. The minimum atomic E-state index is -0.810. The lowest BCUT2D eigenvalue weighted by Gasteiger charge is -2.18. The lowest BCUT2D eigenvalue weighted by molar-refractivity contribution is -0.167. The molecule has 0 aromatic heterocycles. The highest BCUT2D eigenvalue weighted by molar-refractivity contribution is 5.71. The Hall–Kier alpha value is -3.67. The summed E-state index contributed by atoms with van der Waals surface area (Å²) >= 11 is 0. The van der Waals surface area contributed by atoms with Crippen molar-refractivity contribution in [2.45, 2.75) is 258 Å². The standard InChI is InChI=1S/C61H102O6/c1-4-7-10-13-16-19-22-25-27-29-31-33-36-39-42-45-48-51-54-60(63)66-57-58(56-65-59(62)53-50-47-44-41-38-35-24-21-18-15-12-9-6-3)67-61(64)55-52-49-46-43-40-37-34-32-30-28-26-23-20-17-14-11-8-5-2/h9,12,15,18,21,24,27-35,38,58H,4-8,10-11,13-14,16-17,19-20,22-23,25-26,36-37,39-57H2,1-3H3/b12-9+,18-15+,24-21+,29-27+,30-28+,33-31+,34-32+,38-35+. The Morgan fingerprint density at radius 3 is 0.940 bits per heavy atom. The molecule has 1 atom stereocenters. The van der Waals surface area contributed by atoms with Crippen LogP contribution in [0.25, 0.3) is 0 Å². The van der Waals surface area contributed by atoms with Gasteiger partial charge in [-0.1, -0.05) is 240 Å². The molecule has 0 aliphatic heterocycles. The van der Waals surface area contributed by atoms with E-state index in [0.717, 1.165) is 109 Å². The molecule has 1 unspecified atom stereocenters. The predicted octanol–water partition coefficient (Wildman–Crippen LogP) is 18.5. The van der Waals surface area contributed by atoms with Gasteiger partial charge in [-0.25, -0.2) is 0 Å². The van der Waals surface area contributed by atoms with E-state index in [-0.39, 0.29) is 31.1 Å². The third kappa shape index (κ3) is 53.2. The second kappa shape index (κ2) is 54.9. The van der Waals surface area contributed by atoms with Crippen LogP contribution in [0.4, 0.5) is 0 Å². The highest BCUT2D eigenvalue weighted by atomic mass is 16.6. The lowest BCUT2D eigenvalue weighted by atomic mass is 10.1. The summed E-state index contributed by atoms with van der Waals surface area (Å²) in [5.41, 5.74) is 0. The molecule has 0 aromatic carbocycles. The Morgan fingerprint density at radius 1 is 0.313 bits per heavy atom. The normalized spacial score (nSPS) is 12.8. The number of rotatable bonds is 49. The first-order chi connectivity index (χ1) is 33.0. The largest absolute Gasteiger partial charge is 0.462 e. The molecule has 0 N–H and O–H groups in total. The molecule has 0 spiro atoms. The first kappa shape index (κ1) is 63.3. The van der Waals surface area contributed by atoms with E-state index >= 15 is 0 Å². The fraction of sp³-hybridized carbons (Fsp3) is 0.689. The molecule has 0 bridgehead atoms. The molecule has 0 saturated carbocycles. The highest BCUT2D eigenvalue weighted by Gasteiger charge is 2.19. The van der Waals surface area contributed by atoms with Gasteiger partial charge in [0.15, 0.2) is 6.10 Å². The highest BCUT2D eigenvalue weighted by Crippen LogP contribution is 2.14. The van der Waals surface area contributed by atoms with Gasteiger partial charge in [0.25, 0.3) is 0 Å². The zero-order valence-corrected chi connectivity index (χ0v) is 43.6. The molecule has 0 radical (unpaired) electrons. The van der Waals surface area contributed by atoms with Crippen LogP contribution in [0, 0.1) is 0 Å². The number of ether oxygens (including phenoxy) is 3. The van der Waals surface area contributed by atoms with E-state index in [9.17, 15) is 14.4 Å². The number of carbonyl (C=O) groups is 3. The summed E-state index contributed by atoms with van der Waals surface area (Å²) in [7, 11) is 0. The Bertz CT molecular complexity index is 1350. The summed E-state index contributed by atoms with van der Waals surface area (Å²) < 4.78 is 16.8. The van der Waals surface area contributed by atoms with Crippen LogP contribution in [0.3, 0.4) is 0 Å². The summed E-state index contributed by atoms with van der Waals surface area (Å²) in [5.74, 6) is -0.974. The van der Waals surface area contributed by atoms with Crippen molar-refractivity contribution in [1.29, 1.82) is 0 Å². The number of hydrogen-bond acceptors (Lipinski definition) is 6. The van der Waals surface area contributed by atoms with Crippen molar-refractivity contribution in [3.63, 3.8) is 0 Å². The summed E-state index contributed by atoms with van der Waals surface area (Å²) in [6.45, 7) is 6.43. The van der Waals surface area contributed by atoms with Gasteiger partial charge in [0.1, 0.15) is 13.2 Å². The fourth-order valence-electron chi connectivity index (χ4n) is 7.49. The van der Waals surface area contributed by atoms with Crippen molar-refractivity contribution >= 4 is 17.9 Å². The molecule has 6 nitrogen and oxygen atoms in total. The van der Waals surface area contributed by atoms with Gasteiger partial charge in [-0.3, -0.25) is 14.4 Å². The SMILES string of the molecule is CC/C=C/C=C/C=C/C=C/CCCCCC(=O)OCC(COC(=O)CCCCCCC/C=C/C=C/CCCCCCCCC)OC(=O)CCCCCCC/C=C/C=C/CCCCCCCCC. The number of carbonyl (C=O) groups excluding carboxylic acids is 3. The van der Waals surface area contributed by atoms with Crippen LogP contribution >= 0.6 is 0 Å². The quantitative estimate of drug-likeness (QED) is 0.0262. The van der Waals surface area contributed by atoms with Crippen LogP contribution in [-0.4, -0.2) is 37.2 Å². The number of esters is 3. The monoisotopic (exact) mass is 931 g/mol. The van der Waals surface area contributed by atoms with Crippen LogP contribution in [-0.2, 0) is 28.6 Å². The average molecular weight is 931 g/mol.